The van der Waals surface area contributed by atoms with Crippen LogP contribution < -0.4 is 5.73 Å². The summed E-state index contributed by atoms with van der Waals surface area (Å²) >= 11 is 0. The number of nitrogens with two attached hydrogens (primary N) is 1. The first-order chi connectivity index (χ1) is 9.04. The summed E-state index contributed by atoms with van der Waals surface area (Å²) in [5.74, 6) is -0.189. The fourth-order valence-electron chi connectivity index (χ4n) is 2.35. The maximum Gasteiger partial charge on any atom is 0.239 e. The molecule has 1 aliphatic carbocycles. The smallest absolute Gasteiger partial charge is 0.239 e. The molecule has 0 saturated heterocycles. The second-order valence-corrected chi connectivity index (χ2v) is 5.36. The van der Waals surface area contributed by atoms with E-state index in [9.17, 15) is 9.70 Å². The van der Waals surface area contributed by atoms with E-state index in [1.54, 1.807) is 14.0 Å². The molecule has 0 aromatic rings. The number of hydrogen-bond donors (Lipinski definition) is 1. The molecule has 6 nitrogen and oxygen atoms in total. The summed E-state index contributed by atoms with van der Waals surface area (Å²) in [6, 6.07) is -1.08. The minimum absolute atomic E-state index is 0.189. The van der Waals surface area contributed by atoms with E-state index in [0.717, 1.165) is 12.8 Å². The van der Waals surface area contributed by atoms with Crippen LogP contribution in [-0.2, 0) is 9.53 Å². The lowest BCUT2D eigenvalue weighted by molar-refractivity contribution is -0.131. The molecule has 0 aromatic heterocycles. The third-order valence-electron chi connectivity index (χ3n) is 3.48. The van der Waals surface area contributed by atoms with Crippen LogP contribution in [0.1, 0.15) is 39.0 Å². The summed E-state index contributed by atoms with van der Waals surface area (Å²) in [6.07, 6.45) is 5.99. The van der Waals surface area contributed by atoms with Gasteiger partial charge in [-0.25, -0.2) is 0 Å². The number of amides is 1. The molecule has 1 fully saturated rings. The first kappa shape index (κ1) is 16.0. The van der Waals surface area contributed by atoms with Crippen LogP contribution in [0.2, 0.25) is 0 Å². The summed E-state index contributed by atoms with van der Waals surface area (Å²) in [5.41, 5.74) is 5.51. The third-order valence-corrected chi connectivity index (χ3v) is 3.48. The predicted octanol–water partition coefficient (Wildman–Crippen LogP) is 1.28. The van der Waals surface area contributed by atoms with Crippen LogP contribution in [0, 0.1) is 4.91 Å². The molecule has 0 heterocycles. The molecule has 1 unspecified atom stereocenters. The molecule has 0 radical (unpaired) electrons. The number of carbonyl (C=O) groups is 1. The first-order valence-corrected chi connectivity index (χ1v) is 6.99. The third kappa shape index (κ3) is 5.65. The average molecular weight is 271 g/mol. The second-order valence-electron chi connectivity index (χ2n) is 5.36. The largest absolute Gasteiger partial charge is 0.376 e. The lowest BCUT2D eigenvalue weighted by atomic mass is 9.98. The van der Waals surface area contributed by atoms with Crippen molar-refractivity contribution < 1.29 is 9.53 Å². The van der Waals surface area contributed by atoms with Crippen LogP contribution in [0.4, 0.5) is 0 Å². The van der Waals surface area contributed by atoms with Crippen LogP contribution >= 0.6 is 0 Å². The summed E-state index contributed by atoms with van der Waals surface area (Å²) < 4.78 is 5.71. The Kier molecular flexibility index (Phi) is 6.94. The number of nitrogens with zero attached hydrogens (tertiary/aromatic N) is 2. The molecule has 110 valence electrons. The molecule has 6 heteroatoms. The molecular weight excluding hydrogens is 246 g/mol. The van der Waals surface area contributed by atoms with Gasteiger partial charge in [-0.3, -0.25) is 4.79 Å². The second kappa shape index (κ2) is 8.22. The van der Waals surface area contributed by atoms with Gasteiger partial charge in [-0.05, 0) is 19.8 Å². The van der Waals surface area contributed by atoms with Gasteiger partial charge in [-0.2, -0.15) is 4.91 Å². The van der Waals surface area contributed by atoms with Crippen molar-refractivity contribution >= 4 is 5.91 Å². The van der Waals surface area contributed by atoms with Crippen molar-refractivity contribution in [1.29, 1.82) is 0 Å². The summed E-state index contributed by atoms with van der Waals surface area (Å²) in [6.45, 7) is 2.17. The SMILES string of the molecule is C[C@H](N)C(=O)N(C)CC(COC1CCCCC1)N=O. The number of likely N-dealkylation sites (N-methyl/N-ethyl adjacent to an activating group) is 1. The van der Waals surface area contributed by atoms with E-state index in [2.05, 4.69) is 5.18 Å². The zero-order valence-corrected chi connectivity index (χ0v) is 11.9. The quantitative estimate of drug-likeness (QED) is 0.707. The maximum atomic E-state index is 11.6. The summed E-state index contributed by atoms with van der Waals surface area (Å²) in [4.78, 5) is 23.9. The molecule has 1 saturated carbocycles. The molecule has 1 amide bonds. The van der Waals surface area contributed by atoms with E-state index in [1.165, 1.54) is 24.2 Å². The van der Waals surface area contributed by atoms with Gasteiger partial charge in [0.15, 0.2) is 0 Å². The van der Waals surface area contributed by atoms with Crippen molar-refractivity contribution in [2.45, 2.75) is 57.2 Å². The Hall–Kier alpha value is -1.01. The van der Waals surface area contributed by atoms with Gasteiger partial charge < -0.3 is 15.4 Å². The van der Waals surface area contributed by atoms with Gasteiger partial charge in [0.25, 0.3) is 0 Å². The van der Waals surface area contributed by atoms with Gasteiger partial charge in [0.05, 0.1) is 18.8 Å². The Morgan fingerprint density at radius 3 is 2.58 bits per heavy atom. The highest BCUT2D eigenvalue weighted by molar-refractivity contribution is 5.80. The lowest BCUT2D eigenvalue weighted by Crippen LogP contribution is -2.43. The van der Waals surface area contributed by atoms with E-state index >= 15 is 0 Å². The van der Waals surface area contributed by atoms with Crippen LogP contribution in [0.5, 0.6) is 0 Å². The molecule has 0 aromatic carbocycles. The highest BCUT2D eigenvalue weighted by Crippen LogP contribution is 2.20. The van der Waals surface area contributed by atoms with E-state index < -0.39 is 12.1 Å². The van der Waals surface area contributed by atoms with E-state index in [0.29, 0.717) is 0 Å². The molecular formula is C13H25N3O3. The topological polar surface area (TPSA) is 85.0 Å². The highest BCUT2D eigenvalue weighted by atomic mass is 16.5. The Bertz CT molecular complexity index is 291. The minimum atomic E-state index is -0.559. The number of nitroso groups, excluding NO2 is 1. The molecule has 2 atom stereocenters. The summed E-state index contributed by atoms with van der Waals surface area (Å²) in [5, 5.41) is 3.04. The van der Waals surface area contributed by atoms with Crippen LogP contribution in [0.15, 0.2) is 5.18 Å². The van der Waals surface area contributed by atoms with Crippen LogP contribution in [-0.4, -0.2) is 49.2 Å². The van der Waals surface area contributed by atoms with Crippen molar-refractivity contribution in [3.63, 3.8) is 0 Å². The number of carbonyl (C=O) groups excluding carboxylic acids is 1. The van der Waals surface area contributed by atoms with E-state index in [4.69, 9.17) is 10.5 Å². The molecule has 1 rings (SSSR count). The maximum absolute atomic E-state index is 11.6. The van der Waals surface area contributed by atoms with Gasteiger partial charge in [0, 0.05) is 13.6 Å². The fraction of sp³-hybridized carbons (Fsp3) is 0.923. The van der Waals surface area contributed by atoms with E-state index in [-0.39, 0.29) is 25.2 Å². The monoisotopic (exact) mass is 271 g/mol. The molecule has 2 N–H and O–H groups in total. The Balaban J connectivity index is 2.32. The fourth-order valence-corrected chi connectivity index (χ4v) is 2.35. The number of hydrogen-bond acceptors (Lipinski definition) is 5. The van der Waals surface area contributed by atoms with E-state index in [1.807, 2.05) is 0 Å². The molecule has 0 bridgehead atoms. The minimum Gasteiger partial charge on any atom is -0.376 e. The zero-order chi connectivity index (χ0) is 14.3. The normalized spacial score (nSPS) is 19.7. The Labute approximate surface area is 114 Å². The van der Waals surface area contributed by atoms with Gasteiger partial charge in [0.2, 0.25) is 5.91 Å². The molecule has 0 spiro atoms. The van der Waals surface area contributed by atoms with Crippen molar-refractivity contribution in [1.82, 2.24) is 4.90 Å². The zero-order valence-electron chi connectivity index (χ0n) is 11.9. The molecule has 19 heavy (non-hydrogen) atoms. The van der Waals surface area contributed by atoms with Crippen molar-refractivity contribution in [2.75, 3.05) is 20.2 Å². The lowest BCUT2D eigenvalue weighted by Gasteiger charge is -2.25. The highest BCUT2D eigenvalue weighted by Gasteiger charge is 2.21. The van der Waals surface area contributed by atoms with Crippen LogP contribution in [0.3, 0.4) is 0 Å². The Morgan fingerprint density at radius 1 is 1.42 bits per heavy atom. The van der Waals surface area contributed by atoms with Gasteiger partial charge in [-0.15, -0.1) is 0 Å². The summed E-state index contributed by atoms with van der Waals surface area (Å²) in [7, 11) is 1.63. The first-order valence-electron chi connectivity index (χ1n) is 6.99. The van der Waals surface area contributed by atoms with Gasteiger partial charge >= 0.3 is 0 Å². The average Bonchev–Trinajstić information content (AvgIpc) is 2.43. The van der Waals surface area contributed by atoms with Crippen molar-refractivity contribution in [3.05, 3.63) is 4.91 Å². The van der Waals surface area contributed by atoms with Crippen molar-refractivity contribution in [2.24, 2.45) is 10.9 Å². The van der Waals surface area contributed by atoms with Gasteiger partial charge in [-0.1, -0.05) is 24.4 Å². The number of rotatable bonds is 7. The standard InChI is InChI=1S/C13H25N3O3/c1-10(14)13(17)16(2)8-11(15-18)9-19-12-6-4-3-5-7-12/h10-12H,3-9,14H2,1-2H3/t10-,11?/m0/s1. The molecule has 1 aliphatic rings. The number of ether oxygens (including phenoxy) is 1. The Morgan fingerprint density at radius 2 is 2.05 bits per heavy atom. The van der Waals surface area contributed by atoms with Crippen LogP contribution in [0.25, 0.3) is 0 Å². The predicted molar refractivity (Wildman–Crippen MR) is 73.7 cm³/mol. The van der Waals surface area contributed by atoms with Crippen molar-refractivity contribution in [3.8, 4) is 0 Å². The van der Waals surface area contributed by atoms with Gasteiger partial charge in [0.1, 0.15) is 6.04 Å². The molecule has 0 aliphatic heterocycles.